The number of sulfone groups is 1. The molecule has 31 heavy (non-hydrogen) atoms. The normalized spacial score (nSPS) is 11.5. The molecule has 0 fully saturated rings. The fourth-order valence-corrected chi connectivity index (χ4v) is 4.80. The van der Waals surface area contributed by atoms with Gasteiger partial charge in [0, 0.05) is 18.1 Å². The molecule has 4 rings (SSSR count). The Labute approximate surface area is 178 Å². The predicted octanol–water partition coefficient (Wildman–Crippen LogP) is 3.42. The first-order valence-corrected chi connectivity index (χ1v) is 11.1. The third-order valence-corrected chi connectivity index (χ3v) is 6.79. The number of hydrogen-bond acceptors (Lipinski definition) is 5. The fraction of sp³-hybridized carbons (Fsp3) is 0.136. The van der Waals surface area contributed by atoms with Gasteiger partial charge in [-0.05, 0) is 47.9 Å². The number of fused-ring (bicyclic) bond motifs is 1. The Balaban J connectivity index is 1.49. The molecule has 7 nitrogen and oxygen atoms in total. The van der Waals surface area contributed by atoms with Gasteiger partial charge in [0.05, 0.1) is 21.6 Å². The highest BCUT2D eigenvalue weighted by atomic mass is 32.2. The first-order valence-electron chi connectivity index (χ1n) is 9.58. The number of nitrogens with zero attached hydrogens (tertiary/aromatic N) is 2. The minimum atomic E-state index is -3.86. The zero-order chi connectivity index (χ0) is 22.0. The molecule has 0 radical (unpaired) electrons. The van der Waals surface area contributed by atoms with Crippen LogP contribution in [0.4, 0.5) is 4.39 Å². The minimum absolute atomic E-state index is 0.0295. The van der Waals surface area contributed by atoms with Crippen LogP contribution in [0.15, 0.2) is 70.7 Å². The van der Waals surface area contributed by atoms with Crippen LogP contribution in [0.2, 0.25) is 0 Å². The van der Waals surface area contributed by atoms with Crippen LogP contribution in [0.25, 0.3) is 11.0 Å². The van der Waals surface area contributed by atoms with Gasteiger partial charge in [-0.25, -0.2) is 17.8 Å². The molecule has 0 atom stereocenters. The van der Waals surface area contributed by atoms with Crippen LogP contribution < -0.4 is 5.32 Å². The van der Waals surface area contributed by atoms with Gasteiger partial charge in [-0.15, -0.1) is 0 Å². The smallest absolute Gasteiger partial charge is 0.253 e. The number of carbonyl (C=O) groups is 1. The number of H-pyrrole nitrogens is 1. The maximum atomic E-state index is 13.7. The van der Waals surface area contributed by atoms with Crippen LogP contribution in [-0.4, -0.2) is 29.5 Å². The largest absolute Gasteiger partial charge is 0.348 e. The molecule has 9 heteroatoms. The summed E-state index contributed by atoms with van der Waals surface area (Å²) in [6.07, 6.45) is 3.51. The average Bonchev–Trinajstić information content (AvgIpc) is 3.25. The van der Waals surface area contributed by atoms with E-state index in [-0.39, 0.29) is 22.2 Å². The maximum Gasteiger partial charge on any atom is 0.253 e. The zero-order valence-corrected chi connectivity index (χ0v) is 17.4. The lowest BCUT2D eigenvalue weighted by molar-refractivity contribution is 0.0950. The summed E-state index contributed by atoms with van der Waals surface area (Å²) in [6, 6.07) is 11.6. The first kappa shape index (κ1) is 20.7. The molecular formula is C22H19FN4O3S. The summed E-state index contributed by atoms with van der Waals surface area (Å²) in [6.45, 7) is 2.03. The highest BCUT2D eigenvalue weighted by Crippen LogP contribution is 2.26. The molecule has 2 N–H and O–H groups in total. The van der Waals surface area contributed by atoms with Crippen molar-refractivity contribution in [2.75, 3.05) is 0 Å². The minimum Gasteiger partial charge on any atom is -0.348 e. The van der Waals surface area contributed by atoms with Crippen LogP contribution in [0.3, 0.4) is 0 Å². The highest BCUT2D eigenvalue weighted by Gasteiger charge is 2.21. The summed E-state index contributed by atoms with van der Waals surface area (Å²) in [5, 5.41) is 10.1. The number of aromatic amines is 1. The summed E-state index contributed by atoms with van der Waals surface area (Å²) in [4.78, 5) is 16.6. The second-order valence-electron chi connectivity index (χ2n) is 6.97. The number of aryl methyl sites for hydroxylation is 1. The van der Waals surface area contributed by atoms with E-state index in [9.17, 15) is 17.6 Å². The molecule has 0 spiro atoms. The fourth-order valence-electron chi connectivity index (χ4n) is 3.23. The van der Waals surface area contributed by atoms with E-state index in [1.54, 1.807) is 24.4 Å². The van der Waals surface area contributed by atoms with Gasteiger partial charge in [0.25, 0.3) is 5.91 Å². The van der Waals surface area contributed by atoms with Gasteiger partial charge in [-0.1, -0.05) is 25.1 Å². The van der Waals surface area contributed by atoms with E-state index in [2.05, 4.69) is 20.5 Å². The number of benzene rings is 2. The molecule has 0 aliphatic rings. The molecule has 0 bridgehead atoms. The van der Waals surface area contributed by atoms with Crippen molar-refractivity contribution < 1.29 is 17.6 Å². The topological polar surface area (TPSA) is 105 Å². The molecule has 2 aromatic carbocycles. The summed E-state index contributed by atoms with van der Waals surface area (Å²) in [5.41, 5.74) is 2.27. The molecule has 0 aliphatic carbocycles. The molecule has 2 heterocycles. The molecule has 0 saturated carbocycles. The van der Waals surface area contributed by atoms with Crippen molar-refractivity contribution in [2.24, 2.45) is 0 Å². The number of amides is 1. The quantitative estimate of drug-likeness (QED) is 0.480. The van der Waals surface area contributed by atoms with E-state index in [0.717, 1.165) is 17.0 Å². The van der Waals surface area contributed by atoms with Crippen molar-refractivity contribution in [3.05, 3.63) is 83.4 Å². The highest BCUT2D eigenvalue weighted by molar-refractivity contribution is 7.91. The number of nitrogens with one attached hydrogen (secondary N) is 2. The number of halogens is 1. The third kappa shape index (κ3) is 4.17. The van der Waals surface area contributed by atoms with Gasteiger partial charge < -0.3 is 5.32 Å². The third-order valence-electron chi connectivity index (χ3n) is 4.94. The summed E-state index contributed by atoms with van der Waals surface area (Å²) in [7, 11) is -3.86. The molecule has 2 aromatic heterocycles. The van der Waals surface area contributed by atoms with Gasteiger partial charge in [-0.2, -0.15) is 5.10 Å². The molecule has 0 unspecified atom stereocenters. The number of aromatic nitrogens is 3. The number of hydrogen-bond donors (Lipinski definition) is 2. The van der Waals surface area contributed by atoms with Crippen LogP contribution in [0, 0.1) is 5.82 Å². The Hall–Kier alpha value is -3.59. The summed E-state index contributed by atoms with van der Waals surface area (Å²) in [5.74, 6) is -0.905. The van der Waals surface area contributed by atoms with Crippen LogP contribution in [0.1, 0.15) is 28.4 Å². The monoisotopic (exact) mass is 438 g/mol. The Morgan fingerprint density at radius 2 is 1.87 bits per heavy atom. The predicted molar refractivity (Wildman–Crippen MR) is 113 cm³/mol. The number of rotatable bonds is 6. The average molecular weight is 438 g/mol. The van der Waals surface area contributed by atoms with Gasteiger partial charge in [-0.3, -0.25) is 9.89 Å². The Morgan fingerprint density at radius 3 is 2.61 bits per heavy atom. The van der Waals surface area contributed by atoms with E-state index >= 15 is 0 Å². The summed E-state index contributed by atoms with van der Waals surface area (Å²) < 4.78 is 39.6. The molecule has 1 amide bonds. The van der Waals surface area contributed by atoms with E-state index in [4.69, 9.17) is 0 Å². The van der Waals surface area contributed by atoms with E-state index < -0.39 is 15.7 Å². The Bertz CT molecular complexity index is 1370. The van der Waals surface area contributed by atoms with Gasteiger partial charge in [0.15, 0.2) is 5.65 Å². The summed E-state index contributed by atoms with van der Waals surface area (Å²) >= 11 is 0. The van der Waals surface area contributed by atoms with Crippen molar-refractivity contribution in [3.8, 4) is 0 Å². The lowest BCUT2D eigenvalue weighted by Crippen LogP contribution is -2.22. The first-order chi connectivity index (χ1) is 14.9. The van der Waals surface area contributed by atoms with Crippen molar-refractivity contribution in [1.29, 1.82) is 0 Å². The van der Waals surface area contributed by atoms with Crippen molar-refractivity contribution in [1.82, 2.24) is 20.5 Å². The molecule has 0 saturated heterocycles. The molecule has 0 aliphatic heterocycles. The standard InChI is InChI=1S/C22H19FN4O3S/c1-2-15-5-6-18(23)10-20(15)31(29,30)19-7-3-14(4-8-19)11-25-22(28)17-9-16-13-26-27-21(16)24-12-17/h3-10,12-13H,2,11H2,1H3,(H,25,28)(H,24,26,27). The maximum absolute atomic E-state index is 13.7. The van der Waals surface area contributed by atoms with E-state index in [1.165, 1.54) is 30.5 Å². The van der Waals surface area contributed by atoms with E-state index in [0.29, 0.717) is 23.2 Å². The van der Waals surface area contributed by atoms with E-state index in [1.807, 2.05) is 6.92 Å². The number of pyridine rings is 1. The van der Waals surface area contributed by atoms with Crippen molar-refractivity contribution in [3.63, 3.8) is 0 Å². The molecular weight excluding hydrogens is 419 g/mol. The molecule has 158 valence electrons. The lowest BCUT2D eigenvalue weighted by Gasteiger charge is -2.11. The molecule has 4 aromatic rings. The van der Waals surface area contributed by atoms with Crippen LogP contribution >= 0.6 is 0 Å². The lowest BCUT2D eigenvalue weighted by atomic mass is 10.2. The van der Waals surface area contributed by atoms with Gasteiger partial charge in [0.1, 0.15) is 5.82 Å². The Kier molecular flexibility index (Phi) is 5.51. The van der Waals surface area contributed by atoms with Crippen LogP contribution in [-0.2, 0) is 22.8 Å². The second-order valence-corrected chi connectivity index (χ2v) is 8.89. The van der Waals surface area contributed by atoms with Crippen molar-refractivity contribution >= 4 is 26.8 Å². The van der Waals surface area contributed by atoms with Gasteiger partial charge >= 0.3 is 0 Å². The Morgan fingerprint density at radius 1 is 1.10 bits per heavy atom. The van der Waals surface area contributed by atoms with Gasteiger partial charge in [0.2, 0.25) is 9.84 Å². The van der Waals surface area contributed by atoms with Crippen molar-refractivity contribution in [2.45, 2.75) is 29.7 Å². The second kappa shape index (κ2) is 8.27. The zero-order valence-electron chi connectivity index (χ0n) is 16.6. The van der Waals surface area contributed by atoms with Crippen LogP contribution in [0.5, 0.6) is 0 Å². The number of carbonyl (C=O) groups excluding carboxylic acids is 1. The SMILES string of the molecule is CCc1ccc(F)cc1S(=O)(=O)c1ccc(CNC(=O)c2cnc3[nH]ncc3c2)cc1.